The lowest BCUT2D eigenvalue weighted by molar-refractivity contribution is 0.763. The van der Waals surface area contributed by atoms with Crippen molar-refractivity contribution in [3.8, 4) is 0 Å². The van der Waals surface area contributed by atoms with E-state index in [1.807, 2.05) is 19.4 Å². The molecule has 0 amide bonds. The second-order valence-corrected chi connectivity index (χ2v) is 4.65. The van der Waals surface area contributed by atoms with Gasteiger partial charge in [-0.1, -0.05) is 0 Å². The van der Waals surface area contributed by atoms with Gasteiger partial charge in [0.15, 0.2) is 0 Å². The molecule has 0 saturated carbocycles. The number of nitrogens with zero attached hydrogens (tertiary/aromatic N) is 3. The number of imidazole rings is 1. The van der Waals surface area contributed by atoms with Crippen molar-refractivity contribution in [2.45, 2.75) is 33.9 Å². The highest BCUT2D eigenvalue weighted by Crippen LogP contribution is 2.15. The number of anilines is 1. The number of thiazole rings is 1. The Hall–Kier alpha value is -1.36. The third-order valence-corrected chi connectivity index (χ3v) is 3.42. The van der Waals surface area contributed by atoms with Crippen molar-refractivity contribution in [1.29, 1.82) is 0 Å². The minimum atomic E-state index is 0.799. The lowest BCUT2D eigenvalue weighted by Crippen LogP contribution is -2.06. The van der Waals surface area contributed by atoms with Crippen molar-refractivity contribution in [3.05, 3.63) is 28.0 Å². The predicted octanol–water partition coefficient (Wildman–Crippen LogP) is 2.59. The molecule has 16 heavy (non-hydrogen) atoms. The molecule has 2 heterocycles. The van der Waals surface area contributed by atoms with Crippen LogP contribution in [0.1, 0.15) is 23.2 Å². The zero-order valence-corrected chi connectivity index (χ0v) is 10.6. The molecule has 0 aliphatic heterocycles. The lowest BCUT2D eigenvalue weighted by Gasteiger charge is -2.06. The van der Waals surface area contributed by atoms with Crippen molar-refractivity contribution in [2.24, 2.45) is 0 Å². The van der Waals surface area contributed by atoms with E-state index in [4.69, 9.17) is 0 Å². The van der Waals surface area contributed by atoms with Crippen LogP contribution >= 0.6 is 11.3 Å². The van der Waals surface area contributed by atoms with Gasteiger partial charge in [-0.2, -0.15) is 0 Å². The fraction of sp³-hybridized carbons (Fsp3) is 0.455. The van der Waals surface area contributed by atoms with Crippen molar-refractivity contribution in [3.63, 3.8) is 0 Å². The Morgan fingerprint density at radius 1 is 1.44 bits per heavy atom. The van der Waals surface area contributed by atoms with E-state index < -0.39 is 0 Å². The van der Waals surface area contributed by atoms with Gasteiger partial charge in [-0.3, -0.25) is 0 Å². The average molecular weight is 236 g/mol. The van der Waals surface area contributed by atoms with Crippen LogP contribution in [0.25, 0.3) is 0 Å². The van der Waals surface area contributed by atoms with Gasteiger partial charge in [0, 0.05) is 17.6 Å². The molecule has 5 heteroatoms. The SMILES string of the molecule is CCn1cc(C)nc1NCc1scnc1C. The zero-order chi connectivity index (χ0) is 11.5. The largest absolute Gasteiger partial charge is 0.351 e. The maximum absolute atomic E-state index is 4.45. The number of aromatic nitrogens is 3. The highest BCUT2D eigenvalue weighted by atomic mass is 32.1. The normalized spacial score (nSPS) is 10.7. The molecule has 0 aromatic carbocycles. The monoisotopic (exact) mass is 236 g/mol. The molecule has 1 N–H and O–H groups in total. The molecule has 2 aromatic heterocycles. The molecule has 0 aliphatic rings. The minimum Gasteiger partial charge on any atom is -0.351 e. The quantitative estimate of drug-likeness (QED) is 0.887. The molecule has 2 aromatic rings. The molecule has 0 aliphatic carbocycles. The van der Waals surface area contributed by atoms with E-state index in [9.17, 15) is 0 Å². The van der Waals surface area contributed by atoms with Crippen molar-refractivity contribution in [1.82, 2.24) is 14.5 Å². The summed E-state index contributed by atoms with van der Waals surface area (Å²) in [6.45, 7) is 7.89. The van der Waals surface area contributed by atoms with Crippen LogP contribution in [0.3, 0.4) is 0 Å². The molecule has 0 fully saturated rings. The molecule has 86 valence electrons. The fourth-order valence-electron chi connectivity index (χ4n) is 1.58. The summed E-state index contributed by atoms with van der Waals surface area (Å²) in [5.74, 6) is 0.938. The molecule has 0 bridgehead atoms. The second kappa shape index (κ2) is 4.65. The summed E-state index contributed by atoms with van der Waals surface area (Å²) >= 11 is 1.68. The molecule has 2 rings (SSSR count). The zero-order valence-electron chi connectivity index (χ0n) is 9.82. The van der Waals surface area contributed by atoms with Crippen LogP contribution in [-0.4, -0.2) is 14.5 Å². The third kappa shape index (κ3) is 2.24. The number of aryl methyl sites for hydroxylation is 3. The molecule has 0 unspecified atom stereocenters. The van der Waals surface area contributed by atoms with Crippen LogP contribution in [0.15, 0.2) is 11.7 Å². The summed E-state index contributed by atoms with van der Waals surface area (Å²) in [7, 11) is 0. The highest BCUT2D eigenvalue weighted by molar-refractivity contribution is 7.09. The van der Waals surface area contributed by atoms with E-state index in [1.165, 1.54) is 4.88 Å². The molecule has 0 saturated heterocycles. The smallest absolute Gasteiger partial charge is 0.203 e. The maximum Gasteiger partial charge on any atom is 0.203 e. The standard InChI is InChI=1S/C11H16N4S/c1-4-15-6-8(2)14-11(15)12-5-10-9(3)13-7-16-10/h6-7H,4-5H2,1-3H3,(H,12,14). The van der Waals surface area contributed by atoms with Gasteiger partial charge >= 0.3 is 0 Å². The van der Waals surface area contributed by atoms with E-state index in [-0.39, 0.29) is 0 Å². The van der Waals surface area contributed by atoms with E-state index in [2.05, 4.69) is 33.0 Å². The number of rotatable bonds is 4. The molecular weight excluding hydrogens is 220 g/mol. The Morgan fingerprint density at radius 2 is 2.25 bits per heavy atom. The van der Waals surface area contributed by atoms with Gasteiger partial charge in [-0.05, 0) is 20.8 Å². The van der Waals surface area contributed by atoms with E-state index in [0.29, 0.717) is 0 Å². The Morgan fingerprint density at radius 3 is 2.88 bits per heavy atom. The first-order chi connectivity index (χ1) is 7.70. The van der Waals surface area contributed by atoms with E-state index >= 15 is 0 Å². The van der Waals surface area contributed by atoms with Crippen LogP contribution in [0.2, 0.25) is 0 Å². The summed E-state index contributed by atoms with van der Waals surface area (Å²) in [4.78, 5) is 9.94. The topological polar surface area (TPSA) is 42.7 Å². The van der Waals surface area contributed by atoms with Crippen LogP contribution < -0.4 is 5.32 Å². The van der Waals surface area contributed by atoms with Crippen LogP contribution in [0, 0.1) is 13.8 Å². The van der Waals surface area contributed by atoms with Gasteiger partial charge in [0.2, 0.25) is 5.95 Å². The van der Waals surface area contributed by atoms with Crippen molar-refractivity contribution < 1.29 is 0 Å². The van der Waals surface area contributed by atoms with Gasteiger partial charge in [0.05, 0.1) is 23.4 Å². The van der Waals surface area contributed by atoms with Gasteiger partial charge in [-0.25, -0.2) is 9.97 Å². The Labute approximate surface area is 99.4 Å². The number of nitrogens with one attached hydrogen (secondary N) is 1. The first-order valence-corrected chi connectivity index (χ1v) is 6.25. The lowest BCUT2D eigenvalue weighted by atomic mass is 10.4. The van der Waals surface area contributed by atoms with Gasteiger partial charge in [0.25, 0.3) is 0 Å². The first kappa shape index (κ1) is 11.1. The Bertz CT molecular complexity index is 472. The second-order valence-electron chi connectivity index (χ2n) is 3.71. The van der Waals surface area contributed by atoms with Crippen LogP contribution in [0.5, 0.6) is 0 Å². The first-order valence-electron chi connectivity index (χ1n) is 5.37. The summed E-state index contributed by atoms with van der Waals surface area (Å²) in [6.07, 6.45) is 2.06. The third-order valence-electron chi connectivity index (χ3n) is 2.49. The average Bonchev–Trinajstić information content (AvgIpc) is 2.81. The Kier molecular flexibility index (Phi) is 3.24. The van der Waals surface area contributed by atoms with Crippen LogP contribution in [-0.2, 0) is 13.1 Å². The van der Waals surface area contributed by atoms with Gasteiger partial charge in [0.1, 0.15) is 0 Å². The summed E-state index contributed by atoms with van der Waals surface area (Å²) in [5.41, 5.74) is 4.03. The molecule has 0 atom stereocenters. The summed E-state index contributed by atoms with van der Waals surface area (Å²) < 4.78 is 2.12. The Balaban J connectivity index is 2.07. The number of hydrogen-bond donors (Lipinski definition) is 1. The van der Waals surface area contributed by atoms with E-state index in [0.717, 1.165) is 30.4 Å². The van der Waals surface area contributed by atoms with Crippen molar-refractivity contribution >= 4 is 17.3 Å². The molecule has 0 radical (unpaired) electrons. The minimum absolute atomic E-state index is 0.799. The molecular formula is C11H16N4S. The maximum atomic E-state index is 4.45. The predicted molar refractivity (Wildman–Crippen MR) is 66.8 cm³/mol. The highest BCUT2D eigenvalue weighted by Gasteiger charge is 2.05. The summed E-state index contributed by atoms with van der Waals surface area (Å²) in [6, 6.07) is 0. The van der Waals surface area contributed by atoms with E-state index in [1.54, 1.807) is 11.3 Å². The van der Waals surface area contributed by atoms with Gasteiger partial charge in [-0.15, -0.1) is 11.3 Å². The van der Waals surface area contributed by atoms with Crippen LogP contribution in [0.4, 0.5) is 5.95 Å². The number of hydrogen-bond acceptors (Lipinski definition) is 4. The molecule has 0 spiro atoms. The van der Waals surface area contributed by atoms with Gasteiger partial charge < -0.3 is 9.88 Å². The van der Waals surface area contributed by atoms with Crippen molar-refractivity contribution in [2.75, 3.05) is 5.32 Å². The molecule has 4 nitrogen and oxygen atoms in total. The summed E-state index contributed by atoms with van der Waals surface area (Å²) in [5, 5.41) is 3.35. The fourth-order valence-corrected chi connectivity index (χ4v) is 2.30.